The Balaban J connectivity index is 1.84. The molecular formula is C20H22N2O4S2. The highest BCUT2D eigenvalue weighted by molar-refractivity contribution is 8.00. The molecule has 8 heteroatoms. The average Bonchev–Trinajstić information content (AvgIpc) is 2.67. The molecule has 0 radical (unpaired) electrons. The number of ether oxygens (including phenoxy) is 1. The molecule has 2 aromatic rings. The van der Waals surface area contributed by atoms with Crippen LogP contribution >= 0.6 is 23.5 Å². The number of esters is 1. The molecule has 0 aromatic heterocycles. The predicted octanol–water partition coefficient (Wildman–Crippen LogP) is 3.23. The van der Waals surface area contributed by atoms with E-state index in [0.717, 1.165) is 10.5 Å². The van der Waals surface area contributed by atoms with Gasteiger partial charge in [-0.25, -0.2) is 0 Å². The van der Waals surface area contributed by atoms with Crippen molar-refractivity contribution >= 4 is 47.0 Å². The third kappa shape index (κ3) is 7.28. The van der Waals surface area contributed by atoms with E-state index in [1.54, 1.807) is 31.2 Å². The number of benzene rings is 2. The average molecular weight is 419 g/mol. The maximum Gasteiger partial charge on any atom is 0.319 e. The minimum absolute atomic E-state index is 0.107. The number of nitrogens with two attached hydrogens (primary N) is 1. The second-order valence-electron chi connectivity index (χ2n) is 5.98. The minimum Gasteiger partial charge on any atom is -0.455 e. The van der Waals surface area contributed by atoms with Crippen LogP contribution in [0, 0.1) is 6.92 Å². The predicted molar refractivity (Wildman–Crippen MR) is 112 cm³/mol. The van der Waals surface area contributed by atoms with Gasteiger partial charge in [0.2, 0.25) is 5.91 Å². The van der Waals surface area contributed by atoms with Gasteiger partial charge in [0.1, 0.15) is 5.25 Å². The van der Waals surface area contributed by atoms with Crippen molar-refractivity contribution in [3.63, 3.8) is 0 Å². The molecule has 0 saturated heterocycles. The van der Waals surface area contributed by atoms with Crippen molar-refractivity contribution in [3.8, 4) is 0 Å². The molecule has 148 valence electrons. The van der Waals surface area contributed by atoms with Crippen LogP contribution in [0.2, 0.25) is 0 Å². The van der Waals surface area contributed by atoms with Gasteiger partial charge in [-0.3, -0.25) is 14.4 Å². The Hall–Kier alpha value is -2.45. The van der Waals surface area contributed by atoms with Crippen LogP contribution in [0.3, 0.4) is 0 Å². The van der Waals surface area contributed by atoms with Crippen LogP contribution in [0.5, 0.6) is 0 Å². The number of rotatable bonds is 9. The third-order valence-electron chi connectivity index (χ3n) is 3.54. The number of nitrogens with one attached hydrogen (secondary N) is 1. The molecule has 0 fully saturated rings. The summed E-state index contributed by atoms with van der Waals surface area (Å²) in [6, 6.07) is 14.9. The first kappa shape index (κ1) is 21.8. The first-order chi connectivity index (χ1) is 13.3. The maximum atomic E-state index is 12.1. The smallest absolute Gasteiger partial charge is 0.319 e. The highest BCUT2D eigenvalue weighted by Crippen LogP contribution is 2.27. The van der Waals surface area contributed by atoms with Gasteiger partial charge in [0.15, 0.2) is 6.61 Å². The maximum absolute atomic E-state index is 12.1. The molecule has 2 aromatic carbocycles. The highest BCUT2D eigenvalue weighted by Gasteiger charge is 2.18. The summed E-state index contributed by atoms with van der Waals surface area (Å²) in [6.07, 6.45) is 0. The lowest BCUT2D eigenvalue weighted by Gasteiger charge is -2.13. The van der Waals surface area contributed by atoms with Crippen LogP contribution in [0.15, 0.2) is 58.3 Å². The van der Waals surface area contributed by atoms with E-state index in [1.165, 1.54) is 23.5 Å². The lowest BCUT2D eigenvalue weighted by molar-refractivity contribution is -0.146. The topological polar surface area (TPSA) is 98.5 Å². The summed E-state index contributed by atoms with van der Waals surface area (Å²) in [6.45, 7) is 3.35. The van der Waals surface area contributed by atoms with Gasteiger partial charge in [0, 0.05) is 9.79 Å². The van der Waals surface area contributed by atoms with Gasteiger partial charge in [-0.2, -0.15) is 0 Å². The van der Waals surface area contributed by atoms with Crippen LogP contribution in [-0.4, -0.2) is 35.4 Å². The molecule has 0 heterocycles. The number of hydrogen-bond acceptors (Lipinski definition) is 6. The second kappa shape index (κ2) is 10.8. The molecule has 6 nitrogen and oxygen atoms in total. The first-order valence-electron chi connectivity index (χ1n) is 8.55. The van der Waals surface area contributed by atoms with Gasteiger partial charge in [-0.05, 0) is 38.1 Å². The Morgan fingerprint density at radius 3 is 2.46 bits per heavy atom. The van der Waals surface area contributed by atoms with Gasteiger partial charge in [0.05, 0.1) is 11.4 Å². The Labute approximate surface area is 172 Å². The number of primary amides is 1. The standard InChI is InChI=1S/C20H22N2O4S2/c1-13-7-9-15(10-8-13)28-14(2)20(25)26-11-19(24)22-16-5-3-4-6-17(16)27-12-18(21)23/h3-10,14H,11-12H2,1-2H3,(H2,21,23)(H,22,24)/t14-/m0/s1. The zero-order valence-corrected chi connectivity index (χ0v) is 17.3. The molecule has 0 unspecified atom stereocenters. The van der Waals surface area contributed by atoms with E-state index in [4.69, 9.17) is 10.5 Å². The summed E-state index contributed by atoms with van der Waals surface area (Å²) in [5.74, 6) is -1.25. The highest BCUT2D eigenvalue weighted by atomic mass is 32.2. The Bertz CT molecular complexity index is 840. The van der Waals surface area contributed by atoms with Crippen molar-refractivity contribution in [2.75, 3.05) is 17.7 Å². The van der Waals surface area contributed by atoms with Crippen LogP contribution in [0.25, 0.3) is 0 Å². The fourth-order valence-electron chi connectivity index (χ4n) is 2.15. The van der Waals surface area contributed by atoms with E-state index in [-0.39, 0.29) is 12.4 Å². The van der Waals surface area contributed by atoms with E-state index in [9.17, 15) is 14.4 Å². The van der Waals surface area contributed by atoms with Crippen molar-refractivity contribution in [2.24, 2.45) is 5.73 Å². The van der Waals surface area contributed by atoms with Crippen molar-refractivity contribution < 1.29 is 19.1 Å². The van der Waals surface area contributed by atoms with Gasteiger partial charge >= 0.3 is 5.97 Å². The van der Waals surface area contributed by atoms with Crippen molar-refractivity contribution in [1.82, 2.24) is 0 Å². The van der Waals surface area contributed by atoms with E-state index in [0.29, 0.717) is 10.6 Å². The number of para-hydroxylation sites is 1. The molecule has 2 rings (SSSR count). The summed E-state index contributed by atoms with van der Waals surface area (Å²) in [5, 5.41) is 2.25. The van der Waals surface area contributed by atoms with E-state index in [2.05, 4.69) is 5.32 Å². The second-order valence-corrected chi connectivity index (χ2v) is 8.41. The molecule has 0 aliphatic carbocycles. The molecule has 28 heavy (non-hydrogen) atoms. The Kier molecular flexibility index (Phi) is 8.41. The molecule has 0 bridgehead atoms. The lowest BCUT2D eigenvalue weighted by atomic mass is 10.2. The summed E-state index contributed by atoms with van der Waals surface area (Å²) >= 11 is 2.60. The van der Waals surface area contributed by atoms with Crippen molar-refractivity contribution in [2.45, 2.75) is 28.9 Å². The SMILES string of the molecule is Cc1ccc(S[C@@H](C)C(=O)OCC(=O)Nc2ccccc2SCC(N)=O)cc1. The molecule has 0 spiro atoms. The van der Waals surface area contributed by atoms with E-state index < -0.39 is 23.0 Å². The molecule has 0 aliphatic heterocycles. The summed E-state index contributed by atoms with van der Waals surface area (Å²) in [7, 11) is 0. The van der Waals surface area contributed by atoms with E-state index >= 15 is 0 Å². The van der Waals surface area contributed by atoms with Crippen LogP contribution in [0.4, 0.5) is 5.69 Å². The fraction of sp³-hybridized carbons (Fsp3) is 0.250. The quantitative estimate of drug-likeness (QED) is 0.479. The van der Waals surface area contributed by atoms with Crippen molar-refractivity contribution in [1.29, 1.82) is 0 Å². The van der Waals surface area contributed by atoms with Crippen LogP contribution < -0.4 is 11.1 Å². The summed E-state index contributed by atoms with van der Waals surface area (Å²) in [5.41, 5.74) is 6.84. The van der Waals surface area contributed by atoms with Gasteiger partial charge in [-0.1, -0.05) is 29.8 Å². The minimum atomic E-state index is -0.461. The number of carbonyl (C=O) groups is 3. The van der Waals surface area contributed by atoms with Crippen LogP contribution in [-0.2, 0) is 19.1 Å². The normalized spacial score (nSPS) is 11.5. The third-order valence-corrected chi connectivity index (χ3v) is 5.73. The number of hydrogen-bond donors (Lipinski definition) is 2. The summed E-state index contributed by atoms with van der Waals surface area (Å²) in [4.78, 5) is 36.9. The number of aryl methyl sites for hydroxylation is 1. The molecule has 1 atom stereocenters. The molecule has 2 amide bonds. The van der Waals surface area contributed by atoms with Gasteiger partial charge < -0.3 is 15.8 Å². The lowest BCUT2D eigenvalue weighted by Crippen LogP contribution is -2.25. The number of amides is 2. The zero-order chi connectivity index (χ0) is 20.5. The number of thioether (sulfide) groups is 2. The van der Waals surface area contributed by atoms with Gasteiger partial charge in [-0.15, -0.1) is 23.5 Å². The fourth-order valence-corrected chi connectivity index (χ4v) is 3.77. The molecule has 0 aliphatic rings. The molecule has 3 N–H and O–H groups in total. The van der Waals surface area contributed by atoms with Crippen LogP contribution in [0.1, 0.15) is 12.5 Å². The summed E-state index contributed by atoms with van der Waals surface area (Å²) < 4.78 is 5.12. The first-order valence-corrected chi connectivity index (χ1v) is 10.4. The molecular weight excluding hydrogens is 396 g/mol. The molecule has 0 saturated carbocycles. The van der Waals surface area contributed by atoms with E-state index in [1.807, 2.05) is 31.2 Å². The Morgan fingerprint density at radius 1 is 1.11 bits per heavy atom. The van der Waals surface area contributed by atoms with Crippen molar-refractivity contribution in [3.05, 3.63) is 54.1 Å². The monoisotopic (exact) mass is 418 g/mol. The number of carbonyl (C=O) groups excluding carboxylic acids is 3. The number of anilines is 1. The Morgan fingerprint density at radius 2 is 1.79 bits per heavy atom. The largest absolute Gasteiger partial charge is 0.455 e. The zero-order valence-electron chi connectivity index (χ0n) is 15.6. The van der Waals surface area contributed by atoms with Gasteiger partial charge in [0.25, 0.3) is 5.91 Å².